The van der Waals surface area contributed by atoms with Gasteiger partial charge in [-0.1, -0.05) is 0 Å². The number of pyridine rings is 1. The maximum absolute atomic E-state index is 4.42. The normalized spacial score (nSPS) is 10.5. The largest absolute Gasteiger partial charge is 0.316 e. The van der Waals surface area contributed by atoms with Crippen LogP contribution >= 0.6 is 27.3 Å². The molecule has 0 aliphatic rings. The molecular weight excluding hydrogens is 286 g/mol. The highest BCUT2D eigenvalue weighted by molar-refractivity contribution is 9.10. The first-order valence-corrected chi connectivity index (χ1v) is 6.50. The monoisotopic (exact) mass is 297 g/mol. The number of aryl methyl sites for hydroxylation is 3. The molecule has 0 unspecified atom stereocenters. The van der Waals surface area contributed by atoms with Crippen molar-refractivity contribution in [3.05, 3.63) is 32.9 Å². The summed E-state index contributed by atoms with van der Waals surface area (Å²) >= 11 is 5.04. The first-order valence-electron chi connectivity index (χ1n) is 4.89. The van der Waals surface area contributed by atoms with E-state index in [1.54, 1.807) is 17.5 Å². The van der Waals surface area contributed by atoms with Gasteiger partial charge in [0, 0.05) is 15.5 Å². The Bertz CT molecular complexity index is 502. The lowest BCUT2D eigenvalue weighted by Gasteiger charge is -2.05. The van der Waals surface area contributed by atoms with Gasteiger partial charge in [-0.25, -0.2) is 9.97 Å². The zero-order valence-electron chi connectivity index (χ0n) is 9.34. The lowest BCUT2D eigenvalue weighted by molar-refractivity contribution is 1.20. The number of halogens is 1. The molecule has 0 bridgehead atoms. The molecular formula is C11H12BrN3S. The molecule has 3 nitrogen and oxygen atoms in total. The number of rotatable bonds is 2. The van der Waals surface area contributed by atoms with Crippen LogP contribution in [0.3, 0.4) is 0 Å². The number of anilines is 2. The molecule has 0 saturated carbocycles. The maximum Gasteiger partial charge on any atom is 0.188 e. The van der Waals surface area contributed by atoms with Gasteiger partial charge in [-0.05, 0) is 48.3 Å². The van der Waals surface area contributed by atoms with Crippen LogP contribution in [0.4, 0.5) is 10.9 Å². The first-order chi connectivity index (χ1) is 7.56. The summed E-state index contributed by atoms with van der Waals surface area (Å²) in [4.78, 5) is 9.98. The third-order valence-corrected chi connectivity index (χ3v) is 3.72. The summed E-state index contributed by atoms with van der Waals surface area (Å²) < 4.78 is 0.988. The number of thiazole rings is 1. The van der Waals surface area contributed by atoms with Crippen LogP contribution in [0.2, 0.25) is 0 Å². The Kier molecular flexibility index (Phi) is 3.25. The molecule has 0 aliphatic heterocycles. The smallest absolute Gasteiger partial charge is 0.188 e. The van der Waals surface area contributed by atoms with Gasteiger partial charge < -0.3 is 5.32 Å². The molecule has 0 fully saturated rings. The lowest BCUT2D eigenvalue weighted by Crippen LogP contribution is -1.95. The van der Waals surface area contributed by atoms with Crippen molar-refractivity contribution >= 4 is 38.2 Å². The predicted octanol–water partition coefficient (Wildman–Crippen LogP) is 3.97. The van der Waals surface area contributed by atoms with E-state index in [2.05, 4.69) is 38.1 Å². The van der Waals surface area contributed by atoms with Crippen molar-refractivity contribution in [1.82, 2.24) is 9.97 Å². The minimum Gasteiger partial charge on any atom is -0.316 e. The second-order valence-corrected chi connectivity index (χ2v) is 5.72. The van der Waals surface area contributed by atoms with Gasteiger partial charge in [-0.15, -0.1) is 11.3 Å². The topological polar surface area (TPSA) is 37.8 Å². The van der Waals surface area contributed by atoms with Crippen molar-refractivity contribution < 1.29 is 0 Å². The number of aromatic nitrogens is 2. The molecule has 2 rings (SSSR count). The van der Waals surface area contributed by atoms with Crippen molar-refractivity contribution in [2.75, 3.05) is 5.32 Å². The van der Waals surface area contributed by atoms with Crippen molar-refractivity contribution in [2.24, 2.45) is 0 Å². The van der Waals surface area contributed by atoms with Gasteiger partial charge >= 0.3 is 0 Å². The van der Waals surface area contributed by atoms with Crippen molar-refractivity contribution in [3.63, 3.8) is 0 Å². The molecule has 0 aliphatic carbocycles. The third kappa shape index (κ3) is 2.41. The minimum absolute atomic E-state index is 0.858. The number of hydrogen-bond acceptors (Lipinski definition) is 4. The minimum atomic E-state index is 0.858. The quantitative estimate of drug-likeness (QED) is 0.911. The molecule has 0 atom stereocenters. The van der Waals surface area contributed by atoms with Crippen LogP contribution in [-0.2, 0) is 0 Å². The van der Waals surface area contributed by atoms with Gasteiger partial charge in [0.25, 0.3) is 0 Å². The SMILES string of the molecule is Cc1cc(Br)cnc1Nc1nc(C)c(C)s1. The summed E-state index contributed by atoms with van der Waals surface area (Å²) in [7, 11) is 0. The van der Waals surface area contributed by atoms with Crippen LogP contribution in [0.15, 0.2) is 16.7 Å². The molecule has 16 heavy (non-hydrogen) atoms. The van der Waals surface area contributed by atoms with Crippen molar-refractivity contribution in [3.8, 4) is 0 Å². The molecule has 0 spiro atoms. The lowest BCUT2D eigenvalue weighted by atomic mass is 10.3. The molecule has 0 saturated heterocycles. The molecule has 2 aromatic rings. The Morgan fingerprint density at radius 2 is 2.06 bits per heavy atom. The molecule has 0 aromatic carbocycles. The van der Waals surface area contributed by atoms with E-state index in [9.17, 15) is 0 Å². The Morgan fingerprint density at radius 3 is 2.62 bits per heavy atom. The summed E-state index contributed by atoms with van der Waals surface area (Å²) in [6.45, 7) is 6.10. The summed E-state index contributed by atoms with van der Waals surface area (Å²) in [6, 6.07) is 2.03. The zero-order valence-corrected chi connectivity index (χ0v) is 11.7. The molecule has 0 amide bonds. The van der Waals surface area contributed by atoms with Gasteiger partial charge in [0.2, 0.25) is 0 Å². The van der Waals surface area contributed by atoms with Crippen LogP contribution in [-0.4, -0.2) is 9.97 Å². The second kappa shape index (κ2) is 4.51. The van der Waals surface area contributed by atoms with Crippen LogP contribution in [0.1, 0.15) is 16.1 Å². The van der Waals surface area contributed by atoms with E-state index in [1.807, 2.05) is 19.9 Å². The fraction of sp³-hybridized carbons (Fsp3) is 0.273. The van der Waals surface area contributed by atoms with Gasteiger partial charge in [0.05, 0.1) is 5.69 Å². The highest BCUT2D eigenvalue weighted by atomic mass is 79.9. The Morgan fingerprint density at radius 1 is 1.31 bits per heavy atom. The van der Waals surface area contributed by atoms with Crippen molar-refractivity contribution in [1.29, 1.82) is 0 Å². The fourth-order valence-electron chi connectivity index (χ4n) is 1.30. The highest BCUT2D eigenvalue weighted by Crippen LogP contribution is 2.26. The number of hydrogen-bond donors (Lipinski definition) is 1. The van der Waals surface area contributed by atoms with E-state index < -0.39 is 0 Å². The van der Waals surface area contributed by atoms with Crippen LogP contribution in [0.5, 0.6) is 0 Å². The Balaban J connectivity index is 2.27. The molecule has 1 N–H and O–H groups in total. The number of nitrogens with zero attached hydrogens (tertiary/aromatic N) is 2. The standard InChI is InChI=1S/C11H12BrN3S/c1-6-4-9(12)5-13-10(6)15-11-14-7(2)8(3)16-11/h4-5H,1-3H3,(H,13,14,15). The summed E-state index contributed by atoms with van der Waals surface area (Å²) in [6.07, 6.45) is 1.78. The fourth-order valence-corrected chi connectivity index (χ4v) is 2.56. The highest BCUT2D eigenvalue weighted by Gasteiger charge is 2.06. The Labute approximate surface area is 107 Å². The second-order valence-electron chi connectivity index (χ2n) is 3.60. The van der Waals surface area contributed by atoms with E-state index in [1.165, 1.54) is 4.88 Å². The van der Waals surface area contributed by atoms with Crippen molar-refractivity contribution in [2.45, 2.75) is 20.8 Å². The summed E-state index contributed by atoms with van der Waals surface area (Å²) in [5.41, 5.74) is 2.17. The van der Waals surface area contributed by atoms with Crippen LogP contribution < -0.4 is 5.32 Å². The first kappa shape index (κ1) is 11.5. The molecule has 84 valence electrons. The maximum atomic E-state index is 4.42. The molecule has 2 aromatic heterocycles. The van der Waals surface area contributed by atoms with Gasteiger partial charge in [0.15, 0.2) is 5.13 Å². The van der Waals surface area contributed by atoms with Crippen LogP contribution in [0, 0.1) is 20.8 Å². The van der Waals surface area contributed by atoms with Gasteiger partial charge in [-0.3, -0.25) is 0 Å². The molecule has 2 heterocycles. The van der Waals surface area contributed by atoms with Gasteiger partial charge in [0.1, 0.15) is 5.82 Å². The van der Waals surface area contributed by atoms with E-state index in [4.69, 9.17) is 0 Å². The van der Waals surface area contributed by atoms with Crippen LogP contribution in [0.25, 0.3) is 0 Å². The van der Waals surface area contributed by atoms with E-state index in [0.717, 1.165) is 26.7 Å². The molecule has 5 heteroatoms. The average Bonchev–Trinajstić information content (AvgIpc) is 2.51. The zero-order chi connectivity index (χ0) is 11.7. The third-order valence-electron chi connectivity index (χ3n) is 2.30. The summed E-state index contributed by atoms with van der Waals surface area (Å²) in [5.74, 6) is 0.858. The Hall–Kier alpha value is -0.940. The molecule has 0 radical (unpaired) electrons. The summed E-state index contributed by atoms with van der Waals surface area (Å²) in [5, 5.41) is 4.13. The van der Waals surface area contributed by atoms with E-state index in [0.29, 0.717) is 0 Å². The van der Waals surface area contributed by atoms with Gasteiger partial charge in [-0.2, -0.15) is 0 Å². The average molecular weight is 298 g/mol. The van der Waals surface area contributed by atoms with E-state index >= 15 is 0 Å². The van der Waals surface area contributed by atoms with E-state index in [-0.39, 0.29) is 0 Å². The number of nitrogens with one attached hydrogen (secondary N) is 1. The predicted molar refractivity (Wildman–Crippen MR) is 71.5 cm³/mol.